The molecule has 5 atom stereocenters. The highest BCUT2D eigenvalue weighted by molar-refractivity contribution is 5.26. The van der Waals surface area contributed by atoms with E-state index in [0.717, 1.165) is 17.8 Å². The molecule has 4 aliphatic rings. The van der Waals surface area contributed by atoms with E-state index in [1.54, 1.807) is 0 Å². The molecule has 0 aromatic carbocycles. The van der Waals surface area contributed by atoms with Crippen molar-refractivity contribution >= 4 is 0 Å². The molecule has 0 unspecified atom stereocenters. The second-order valence-corrected chi connectivity index (χ2v) is 8.21. The highest BCUT2D eigenvalue weighted by Gasteiger charge is 2.53. The van der Waals surface area contributed by atoms with Crippen molar-refractivity contribution in [3.8, 4) is 0 Å². The zero-order chi connectivity index (χ0) is 13.1. The summed E-state index contributed by atoms with van der Waals surface area (Å²) in [4.78, 5) is 0. The molecule has 0 saturated heterocycles. The Morgan fingerprint density at radius 2 is 2.05 bits per heavy atom. The maximum absolute atomic E-state index is 2.66. The van der Waals surface area contributed by atoms with E-state index in [1.807, 2.05) is 5.57 Å². The van der Waals surface area contributed by atoms with Crippen LogP contribution in [0.4, 0.5) is 0 Å². The molecule has 4 rings (SSSR count). The molecule has 0 radical (unpaired) electrons. The molecule has 4 aliphatic carbocycles. The highest BCUT2D eigenvalue weighted by atomic mass is 14.6. The molecule has 2 saturated carbocycles. The Bertz CT molecular complexity index is 443. The normalized spacial score (nSPS) is 52.1. The van der Waals surface area contributed by atoms with Crippen LogP contribution in [-0.4, -0.2) is 0 Å². The number of fused-ring (bicyclic) bond motifs is 5. The molecule has 2 fully saturated rings. The number of hydrogen-bond acceptors (Lipinski definition) is 0. The minimum Gasteiger partial charge on any atom is -0.0877 e. The molecule has 104 valence electrons. The monoisotopic (exact) mass is 256 g/mol. The van der Waals surface area contributed by atoms with Crippen molar-refractivity contribution in [1.29, 1.82) is 0 Å². The number of hydrogen-bond donors (Lipinski definition) is 0. The van der Waals surface area contributed by atoms with Gasteiger partial charge in [0.05, 0.1) is 0 Å². The van der Waals surface area contributed by atoms with Crippen molar-refractivity contribution in [2.75, 3.05) is 0 Å². The summed E-state index contributed by atoms with van der Waals surface area (Å²) in [5.74, 6) is 2.81. The number of rotatable bonds is 0. The Balaban J connectivity index is 1.72. The third-order valence-electron chi connectivity index (χ3n) is 7.32. The quantitative estimate of drug-likeness (QED) is 0.502. The van der Waals surface area contributed by atoms with Gasteiger partial charge in [0.15, 0.2) is 0 Å². The smallest absolute Gasteiger partial charge is 0.00852 e. The summed E-state index contributed by atoms with van der Waals surface area (Å²) < 4.78 is 0. The van der Waals surface area contributed by atoms with Crippen molar-refractivity contribution in [2.24, 2.45) is 28.6 Å². The average Bonchev–Trinajstić information content (AvgIpc) is 2.79. The van der Waals surface area contributed by atoms with E-state index in [1.165, 1.54) is 51.4 Å². The SMILES string of the molecule is C[C@@]12CC=C[C@H]1[C@@H]1CC=C3CCCC[C@]3(C)[C@H]1CC2. The number of allylic oxidation sites excluding steroid dienone is 4. The van der Waals surface area contributed by atoms with E-state index < -0.39 is 0 Å². The van der Waals surface area contributed by atoms with Crippen LogP contribution in [0.2, 0.25) is 0 Å². The van der Waals surface area contributed by atoms with Gasteiger partial charge in [-0.3, -0.25) is 0 Å². The van der Waals surface area contributed by atoms with Gasteiger partial charge in [-0.1, -0.05) is 44.1 Å². The van der Waals surface area contributed by atoms with Crippen LogP contribution in [-0.2, 0) is 0 Å². The first-order valence-corrected chi connectivity index (χ1v) is 8.50. The zero-order valence-electron chi connectivity index (χ0n) is 12.6. The largest absolute Gasteiger partial charge is 0.0877 e. The fourth-order valence-corrected chi connectivity index (χ4v) is 6.12. The van der Waals surface area contributed by atoms with Gasteiger partial charge in [-0.25, -0.2) is 0 Å². The van der Waals surface area contributed by atoms with E-state index in [-0.39, 0.29) is 0 Å². The van der Waals surface area contributed by atoms with Crippen LogP contribution in [0.1, 0.15) is 65.2 Å². The summed E-state index contributed by atoms with van der Waals surface area (Å²) in [5, 5.41) is 0. The van der Waals surface area contributed by atoms with E-state index >= 15 is 0 Å². The highest BCUT2D eigenvalue weighted by Crippen LogP contribution is 2.63. The maximum Gasteiger partial charge on any atom is -0.00852 e. The van der Waals surface area contributed by atoms with E-state index in [2.05, 4.69) is 32.1 Å². The molecule has 0 N–H and O–H groups in total. The fraction of sp³-hybridized carbons (Fsp3) is 0.789. The van der Waals surface area contributed by atoms with Crippen LogP contribution in [0.3, 0.4) is 0 Å². The van der Waals surface area contributed by atoms with Gasteiger partial charge in [-0.05, 0) is 73.5 Å². The average molecular weight is 256 g/mol. The lowest BCUT2D eigenvalue weighted by Crippen LogP contribution is -2.48. The summed E-state index contributed by atoms with van der Waals surface area (Å²) in [6.45, 7) is 5.16. The molecule has 0 aromatic rings. The summed E-state index contributed by atoms with van der Waals surface area (Å²) in [5.41, 5.74) is 3.02. The van der Waals surface area contributed by atoms with Gasteiger partial charge in [0.2, 0.25) is 0 Å². The third kappa shape index (κ3) is 1.58. The molecule has 0 spiro atoms. The van der Waals surface area contributed by atoms with Crippen LogP contribution < -0.4 is 0 Å². The first-order valence-electron chi connectivity index (χ1n) is 8.50. The van der Waals surface area contributed by atoms with Crippen molar-refractivity contribution in [1.82, 2.24) is 0 Å². The molecule has 0 heterocycles. The predicted molar refractivity (Wildman–Crippen MR) is 80.8 cm³/mol. The molecule has 0 nitrogen and oxygen atoms in total. The van der Waals surface area contributed by atoms with Crippen molar-refractivity contribution in [3.05, 3.63) is 23.8 Å². The zero-order valence-corrected chi connectivity index (χ0v) is 12.6. The van der Waals surface area contributed by atoms with E-state index in [9.17, 15) is 0 Å². The fourth-order valence-electron chi connectivity index (χ4n) is 6.12. The lowest BCUT2D eigenvalue weighted by Gasteiger charge is -2.56. The molecule has 0 heteroatoms. The van der Waals surface area contributed by atoms with Gasteiger partial charge < -0.3 is 0 Å². The molecule has 19 heavy (non-hydrogen) atoms. The Hall–Kier alpha value is -0.520. The van der Waals surface area contributed by atoms with Crippen LogP contribution >= 0.6 is 0 Å². The Morgan fingerprint density at radius 1 is 1.16 bits per heavy atom. The van der Waals surface area contributed by atoms with Crippen molar-refractivity contribution in [3.63, 3.8) is 0 Å². The van der Waals surface area contributed by atoms with Gasteiger partial charge >= 0.3 is 0 Å². The molecular weight excluding hydrogens is 228 g/mol. The summed E-state index contributed by atoms with van der Waals surface area (Å²) in [6.07, 6.45) is 19.2. The summed E-state index contributed by atoms with van der Waals surface area (Å²) >= 11 is 0. The Morgan fingerprint density at radius 3 is 2.95 bits per heavy atom. The second-order valence-electron chi connectivity index (χ2n) is 8.21. The molecule has 0 aliphatic heterocycles. The minimum atomic E-state index is 0.568. The van der Waals surface area contributed by atoms with E-state index in [0.29, 0.717) is 10.8 Å². The first kappa shape index (κ1) is 12.2. The van der Waals surface area contributed by atoms with Crippen LogP contribution in [0.15, 0.2) is 23.8 Å². The Labute approximate surface area is 118 Å². The van der Waals surface area contributed by atoms with Gasteiger partial charge in [0, 0.05) is 0 Å². The predicted octanol–water partition coefficient (Wildman–Crippen LogP) is 5.51. The van der Waals surface area contributed by atoms with Crippen LogP contribution in [0.25, 0.3) is 0 Å². The molecular formula is C19H28. The van der Waals surface area contributed by atoms with Crippen LogP contribution in [0.5, 0.6) is 0 Å². The first-order chi connectivity index (χ1) is 9.13. The standard InChI is InChI=1S/C19H28/c1-18-11-5-7-16(18)15-9-8-14-6-3-4-12-19(14,2)17(15)10-13-18/h5,7-8,15-17H,3-4,6,9-13H2,1-2H3/t15-,16-,17-,18-,19-/m0/s1. The Kier molecular flexibility index (Phi) is 2.57. The molecule has 0 aromatic heterocycles. The lowest BCUT2D eigenvalue weighted by molar-refractivity contribution is -0.0127. The third-order valence-corrected chi connectivity index (χ3v) is 7.32. The molecule has 0 bridgehead atoms. The van der Waals surface area contributed by atoms with Gasteiger partial charge in [0.25, 0.3) is 0 Å². The van der Waals surface area contributed by atoms with Gasteiger partial charge in [-0.2, -0.15) is 0 Å². The minimum absolute atomic E-state index is 0.568. The van der Waals surface area contributed by atoms with Gasteiger partial charge in [0.1, 0.15) is 0 Å². The van der Waals surface area contributed by atoms with Crippen molar-refractivity contribution < 1.29 is 0 Å². The second kappa shape index (κ2) is 3.99. The summed E-state index contributed by atoms with van der Waals surface area (Å²) in [6, 6.07) is 0. The summed E-state index contributed by atoms with van der Waals surface area (Å²) in [7, 11) is 0. The van der Waals surface area contributed by atoms with Crippen molar-refractivity contribution in [2.45, 2.75) is 65.2 Å². The topological polar surface area (TPSA) is 0 Å². The maximum atomic E-state index is 2.66. The van der Waals surface area contributed by atoms with Crippen LogP contribution in [0, 0.1) is 28.6 Å². The lowest BCUT2D eigenvalue weighted by atomic mass is 9.48. The van der Waals surface area contributed by atoms with E-state index in [4.69, 9.17) is 0 Å². The molecule has 0 amide bonds. The van der Waals surface area contributed by atoms with Gasteiger partial charge in [-0.15, -0.1) is 0 Å².